The summed E-state index contributed by atoms with van der Waals surface area (Å²) in [5.74, 6) is 1.04. The number of ether oxygens (including phenoxy) is 2. The Labute approximate surface area is 121 Å². The van der Waals surface area contributed by atoms with Gasteiger partial charge in [0.25, 0.3) is 0 Å². The van der Waals surface area contributed by atoms with Gasteiger partial charge < -0.3 is 20.5 Å². The molecule has 0 aliphatic carbocycles. The van der Waals surface area contributed by atoms with Crippen molar-refractivity contribution in [2.45, 2.75) is 0 Å². The minimum Gasteiger partial charge on any atom is -0.492 e. The molecule has 8 heteroatoms. The molecule has 7 nitrogen and oxygen atoms in total. The van der Waals surface area contributed by atoms with E-state index >= 15 is 0 Å². The maximum atomic E-state index is 5.73. The number of aromatic nitrogens is 3. The Kier molecular flexibility index (Phi) is 4.78. The second-order valence-corrected chi connectivity index (χ2v) is 4.10. The van der Waals surface area contributed by atoms with Crippen LogP contribution in [0.25, 0.3) is 0 Å². The van der Waals surface area contributed by atoms with Gasteiger partial charge in [0.15, 0.2) is 0 Å². The predicted octanol–water partition coefficient (Wildman–Crippen LogP) is 1.61. The van der Waals surface area contributed by atoms with Crippen LogP contribution in [-0.4, -0.2) is 35.2 Å². The molecule has 0 aliphatic heterocycles. The number of methoxy groups -OCH3 is 1. The Morgan fingerprint density at radius 3 is 2.90 bits per heavy atom. The molecule has 0 aliphatic rings. The molecular formula is C12H14ClN5O2. The monoisotopic (exact) mass is 295 g/mol. The van der Waals surface area contributed by atoms with Gasteiger partial charge in [-0.25, -0.2) is 0 Å². The first-order chi connectivity index (χ1) is 9.67. The molecule has 0 bridgehead atoms. The Morgan fingerprint density at radius 1 is 1.30 bits per heavy atom. The van der Waals surface area contributed by atoms with Crippen molar-refractivity contribution in [1.82, 2.24) is 15.0 Å². The molecule has 0 fully saturated rings. The van der Waals surface area contributed by atoms with Gasteiger partial charge >= 0.3 is 6.01 Å². The lowest BCUT2D eigenvalue weighted by atomic mass is 10.3. The zero-order valence-corrected chi connectivity index (χ0v) is 11.6. The Bertz CT molecular complexity index is 582. The summed E-state index contributed by atoms with van der Waals surface area (Å²) in [7, 11) is 1.46. The van der Waals surface area contributed by atoms with E-state index in [0.717, 1.165) is 0 Å². The first-order valence-electron chi connectivity index (χ1n) is 5.85. The van der Waals surface area contributed by atoms with Gasteiger partial charge in [-0.05, 0) is 23.7 Å². The van der Waals surface area contributed by atoms with Gasteiger partial charge in [0.1, 0.15) is 12.4 Å². The lowest BCUT2D eigenvalue weighted by molar-refractivity contribution is 0.332. The third-order valence-corrected chi connectivity index (χ3v) is 2.45. The average Bonchev–Trinajstić information content (AvgIpc) is 2.43. The van der Waals surface area contributed by atoms with Crippen LogP contribution in [0.4, 0.5) is 11.6 Å². The van der Waals surface area contributed by atoms with E-state index in [1.54, 1.807) is 12.1 Å². The van der Waals surface area contributed by atoms with Crippen LogP contribution in [0.5, 0.6) is 11.8 Å². The van der Waals surface area contributed by atoms with Crippen molar-refractivity contribution in [3.8, 4) is 11.8 Å². The highest BCUT2D eigenvalue weighted by Gasteiger charge is 2.04. The molecule has 1 heterocycles. The number of nitrogens with two attached hydrogens (primary N) is 1. The van der Waals surface area contributed by atoms with Crippen LogP contribution < -0.4 is 20.5 Å². The molecule has 0 radical (unpaired) electrons. The minimum atomic E-state index is 0.0658. The highest BCUT2D eigenvalue weighted by atomic mass is 35.5. The summed E-state index contributed by atoms with van der Waals surface area (Å²) in [5.41, 5.74) is 6.31. The van der Waals surface area contributed by atoms with Crippen molar-refractivity contribution in [3.05, 3.63) is 29.5 Å². The van der Waals surface area contributed by atoms with Crippen LogP contribution in [0.15, 0.2) is 24.3 Å². The number of anilines is 2. The molecule has 3 N–H and O–H groups in total. The molecule has 0 amide bonds. The molecule has 0 spiro atoms. The fraction of sp³-hybridized carbons (Fsp3) is 0.250. The Balaban J connectivity index is 1.82. The zero-order valence-electron chi connectivity index (χ0n) is 10.8. The predicted molar refractivity (Wildman–Crippen MR) is 76.2 cm³/mol. The first kappa shape index (κ1) is 14.1. The van der Waals surface area contributed by atoms with E-state index < -0.39 is 0 Å². The summed E-state index contributed by atoms with van der Waals surface area (Å²) < 4.78 is 10.4. The summed E-state index contributed by atoms with van der Waals surface area (Å²) in [5, 5.41) is 3.03. The number of nitrogen functional groups attached to an aromatic ring is 1. The van der Waals surface area contributed by atoms with Crippen molar-refractivity contribution in [2.24, 2.45) is 0 Å². The van der Waals surface area contributed by atoms with Gasteiger partial charge in [0.2, 0.25) is 11.2 Å². The van der Waals surface area contributed by atoms with Crippen LogP contribution >= 0.6 is 11.6 Å². The van der Waals surface area contributed by atoms with E-state index in [0.29, 0.717) is 30.5 Å². The van der Waals surface area contributed by atoms with E-state index in [1.807, 2.05) is 12.1 Å². The van der Waals surface area contributed by atoms with Crippen molar-refractivity contribution in [3.63, 3.8) is 0 Å². The standard InChI is InChI=1S/C12H14ClN5O2/c1-19-12-17-10(13)16-11(18-12)15-5-6-20-9-4-2-3-8(14)7-9/h2-4,7H,5-6,14H2,1H3,(H,15,16,17,18). The van der Waals surface area contributed by atoms with E-state index in [4.69, 9.17) is 26.8 Å². The van der Waals surface area contributed by atoms with Gasteiger partial charge in [-0.1, -0.05) is 6.07 Å². The van der Waals surface area contributed by atoms with Crippen LogP contribution in [0, 0.1) is 0 Å². The summed E-state index contributed by atoms with van der Waals surface area (Å²) in [6.45, 7) is 0.924. The molecule has 20 heavy (non-hydrogen) atoms. The van der Waals surface area contributed by atoms with Crippen molar-refractivity contribution >= 4 is 23.2 Å². The van der Waals surface area contributed by atoms with Crippen molar-refractivity contribution < 1.29 is 9.47 Å². The fourth-order valence-corrected chi connectivity index (χ4v) is 1.59. The van der Waals surface area contributed by atoms with Gasteiger partial charge in [0, 0.05) is 11.8 Å². The molecule has 2 rings (SSSR count). The van der Waals surface area contributed by atoms with E-state index in [9.17, 15) is 0 Å². The number of nitrogens with one attached hydrogen (secondary N) is 1. The summed E-state index contributed by atoms with van der Waals surface area (Å²) in [4.78, 5) is 11.7. The molecule has 0 atom stereocenters. The van der Waals surface area contributed by atoms with Gasteiger partial charge in [0.05, 0.1) is 13.7 Å². The van der Waals surface area contributed by atoms with Crippen molar-refractivity contribution in [2.75, 3.05) is 31.3 Å². The first-order valence-corrected chi connectivity index (χ1v) is 6.23. The highest BCUT2D eigenvalue weighted by Crippen LogP contribution is 2.14. The SMILES string of the molecule is COc1nc(Cl)nc(NCCOc2cccc(N)c2)n1. The average molecular weight is 296 g/mol. The second-order valence-electron chi connectivity index (χ2n) is 3.76. The molecule has 0 unspecified atom stereocenters. The van der Waals surface area contributed by atoms with Gasteiger partial charge in [-0.15, -0.1) is 0 Å². The number of hydrogen-bond acceptors (Lipinski definition) is 7. The zero-order chi connectivity index (χ0) is 14.4. The van der Waals surface area contributed by atoms with E-state index in [1.165, 1.54) is 7.11 Å². The summed E-state index contributed by atoms with van der Waals surface area (Å²) >= 11 is 5.73. The molecule has 2 aromatic rings. The topological polar surface area (TPSA) is 95.2 Å². The van der Waals surface area contributed by atoms with Crippen LogP contribution in [0.1, 0.15) is 0 Å². The largest absolute Gasteiger partial charge is 0.492 e. The lowest BCUT2D eigenvalue weighted by Crippen LogP contribution is -2.14. The van der Waals surface area contributed by atoms with Crippen LogP contribution in [-0.2, 0) is 0 Å². The minimum absolute atomic E-state index is 0.0658. The van der Waals surface area contributed by atoms with Crippen molar-refractivity contribution in [1.29, 1.82) is 0 Å². The number of rotatable bonds is 6. The van der Waals surface area contributed by atoms with Crippen LogP contribution in [0.2, 0.25) is 5.28 Å². The Morgan fingerprint density at radius 2 is 2.15 bits per heavy atom. The molecule has 0 saturated carbocycles. The van der Waals surface area contributed by atoms with Crippen LogP contribution in [0.3, 0.4) is 0 Å². The number of benzene rings is 1. The third-order valence-electron chi connectivity index (χ3n) is 2.28. The Hall–Kier alpha value is -2.28. The third kappa shape index (κ3) is 4.13. The summed E-state index contributed by atoms with van der Waals surface area (Å²) in [6.07, 6.45) is 0. The number of nitrogens with zero attached hydrogens (tertiary/aromatic N) is 3. The molecule has 0 saturated heterocycles. The quantitative estimate of drug-likeness (QED) is 0.617. The molecular weight excluding hydrogens is 282 g/mol. The maximum absolute atomic E-state index is 5.73. The molecule has 1 aromatic heterocycles. The number of hydrogen-bond donors (Lipinski definition) is 2. The molecule has 1 aromatic carbocycles. The number of halogens is 1. The normalized spacial score (nSPS) is 10.1. The maximum Gasteiger partial charge on any atom is 0.322 e. The summed E-state index contributed by atoms with van der Waals surface area (Å²) in [6, 6.07) is 7.37. The molecule has 106 valence electrons. The lowest BCUT2D eigenvalue weighted by Gasteiger charge is -2.08. The second kappa shape index (κ2) is 6.76. The smallest absolute Gasteiger partial charge is 0.322 e. The van der Waals surface area contributed by atoms with E-state index in [-0.39, 0.29) is 11.3 Å². The van der Waals surface area contributed by atoms with E-state index in [2.05, 4.69) is 20.3 Å². The van der Waals surface area contributed by atoms with Gasteiger partial charge in [-0.3, -0.25) is 0 Å². The van der Waals surface area contributed by atoms with Gasteiger partial charge in [-0.2, -0.15) is 15.0 Å². The fourth-order valence-electron chi connectivity index (χ4n) is 1.44. The highest BCUT2D eigenvalue weighted by molar-refractivity contribution is 6.28.